The van der Waals surface area contributed by atoms with Crippen molar-refractivity contribution in [2.75, 3.05) is 9.62 Å². The zero-order chi connectivity index (χ0) is 21.5. The van der Waals surface area contributed by atoms with Crippen LogP contribution in [-0.2, 0) is 16.4 Å². The minimum atomic E-state index is -4.00. The van der Waals surface area contributed by atoms with Gasteiger partial charge in [-0.2, -0.15) is 0 Å². The lowest BCUT2D eigenvalue weighted by atomic mass is 10.1. The molecule has 1 N–H and O–H groups in total. The third kappa shape index (κ3) is 3.78. The normalized spacial score (nSPS) is 15.7. The molecule has 1 unspecified atom stereocenters. The molecule has 1 amide bonds. The first-order chi connectivity index (χ1) is 14.3. The average molecular weight is 445 g/mol. The summed E-state index contributed by atoms with van der Waals surface area (Å²) in [7, 11) is -4.00. The second-order valence-corrected chi connectivity index (χ2v) is 9.20. The molecule has 0 aromatic heterocycles. The van der Waals surface area contributed by atoms with Crippen molar-refractivity contribution < 1.29 is 17.6 Å². The molecule has 1 aliphatic heterocycles. The lowest BCUT2D eigenvalue weighted by Crippen LogP contribution is -2.35. The van der Waals surface area contributed by atoms with Gasteiger partial charge >= 0.3 is 0 Å². The zero-order valence-corrected chi connectivity index (χ0v) is 17.5. The van der Waals surface area contributed by atoms with Crippen molar-refractivity contribution in [2.24, 2.45) is 0 Å². The number of benzene rings is 3. The Morgan fingerprint density at radius 1 is 1.10 bits per heavy atom. The Labute approximate surface area is 179 Å². The highest BCUT2D eigenvalue weighted by Gasteiger charge is 2.31. The number of fused-ring (bicyclic) bond motifs is 1. The van der Waals surface area contributed by atoms with Crippen LogP contribution in [0.1, 0.15) is 22.8 Å². The van der Waals surface area contributed by atoms with E-state index in [-0.39, 0.29) is 27.6 Å². The minimum Gasteiger partial charge on any atom is -0.305 e. The highest BCUT2D eigenvalue weighted by Crippen LogP contribution is 2.34. The maximum Gasteiger partial charge on any atom is 0.261 e. The Morgan fingerprint density at radius 2 is 1.80 bits per heavy atom. The molecule has 154 valence electrons. The molecule has 1 heterocycles. The smallest absolute Gasteiger partial charge is 0.261 e. The summed E-state index contributed by atoms with van der Waals surface area (Å²) in [6.45, 7) is 1.96. The fourth-order valence-corrected chi connectivity index (χ4v) is 4.86. The lowest BCUT2D eigenvalue weighted by Gasteiger charge is -2.23. The van der Waals surface area contributed by atoms with E-state index >= 15 is 0 Å². The van der Waals surface area contributed by atoms with Crippen molar-refractivity contribution in [2.45, 2.75) is 24.3 Å². The van der Waals surface area contributed by atoms with Gasteiger partial charge in [-0.1, -0.05) is 29.8 Å². The minimum absolute atomic E-state index is 0.0232. The number of para-hydroxylation sites is 1. The maximum absolute atomic E-state index is 13.2. The molecule has 0 saturated heterocycles. The molecule has 4 rings (SSSR count). The number of hydrogen-bond donors (Lipinski definition) is 1. The first-order valence-corrected chi connectivity index (χ1v) is 11.1. The van der Waals surface area contributed by atoms with Crippen LogP contribution in [0.2, 0.25) is 5.02 Å². The molecule has 0 radical (unpaired) electrons. The number of hydrogen-bond acceptors (Lipinski definition) is 3. The number of anilines is 2. The van der Waals surface area contributed by atoms with Gasteiger partial charge in [0, 0.05) is 17.3 Å². The fourth-order valence-electron chi connectivity index (χ4n) is 3.57. The van der Waals surface area contributed by atoms with Crippen molar-refractivity contribution in [3.05, 3.63) is 88.7 Å². The Balaban J connectivity index is 1.65. The number of sulfonamides is 1. The Morgan fingerprint density at radius 3 is 2.53 bits per heavy atom. The Kier molecular flexibility index (Phi) is 5.26. The lowest BCUT2D eigenvalue weighted by molar-refractivity contribution is 0.0981. The largest absolute Gasteiger partial charge is 0.305 e. The van der Waals surface area contributed by atoms with E-state index in [1.54, 1.807) is 11.0 Å². The van der Waals surface area contributed by atoms with Crippen LogP contribution in [0, 0.1) is 5.82 Å². The summed E-state index contributed by atoms with van der Waals surface area (Å²) >= 11 is 6.18. The predicted octanol–water partition coefficient (Wildman–Crippen LogP) is 4.87. The van der Waals surface area contributed by atoms with Crippen LogP contribution in [-0.4, -0.2) is 20.4 Å². The molecule has 1 atom stereocenters. The quantitative estimate of drug-likeness (QED) is 0.624. The van der Waals surface area contributed by atoms with Gasteiger partial charge in [-0.25, -0.2) is 12.8 Å². The van der Waals surface area contributed by atoms with E-state index in [0.717, 1.165) is 41.9 Å². The van der Waals surface area contributed by atoms with Crippen molar-refractivity contribution in [1.29, 1.82) is 0 Å². The molecule has 0 spiro atoms. The van der Waals surface area contributed by atoms with Crippen LogP contribution in [0.4, 0.5) is 15.8 Å². The molecule has 0 bridgehead atoms. The van der Waals surface area contributed by atoms with Crippen LogP contribution in [0.5, 0.6) is 0 Å². The van der Waals surface area contributed by atoms with Gasteiger partial charge < -0.3 is 4.90 Å². The zero-order valence-electron chi connectivity index (χ0n) is 16.0. The van der Waals surface area contributed by atoms with Crippen molar-refractivity contribution in [3.63, 3.8) is 0 Å². The van der Waals surface area contributed by atoms with Gasteiger partial charge in [-0.15, -0.1) is 0 Å². The highest BCUT2D eigenvalue weighted by atomic mass is 35.5. The summed E-state index contributed by atoms with van der Waals surface area (Å²) in [6.07, 6.45) is 0.750. The second-order valence-electron chi connectivity index (χ2n) is 7.11. The molecule has 8 heteroatoms. The van der Waals surface area contributed by atoms with Gasteiger partial charge in [-0.3, -0.25) is 9.52 Å². The second kappa shape index (κ2) is 7.74. The highest BCUT2D eigenvalue weighted by molar-refractivity contribution is 7.92. The van der Waals surface area contributed by atoms with Crippen LogP contribution < -0.4 is 9.62 Å². The van der Waals surface area contributed by atoms with Crippen LogP contribution in [0.3, 0.4) is 0 Å². The van der Waals surface area contributed by atoms with Crippen LogP contribution in [0.15, 0.2) is 71.6 Å². The fraction of sp³-hybridized carbons (Fsp3) is 0.136. The number of nitrogens with zero attached hydrogens (tertiary/aromatic N) is 1. The number of carbonyl (C=O) groups excluding carboxylic acids is 1. The summed E-state index contributed by atoms with van der Waals surface area (Å²) in [4.78, 5) is 14.8. The molecule has 30 heavy (non-hydrogen) atoms. The van der Waals surface area contributed by atoms with E-state index in [0.29, 0.717) is 5.56 Å². The third-order valence-corrected chi connectivity index (χ3v) is 6.72. The van der Waals surface area contributed by atoms with E-state index < -0.39 is 15.8 Å². The van der Waals surface area contributed by atoms with Gasteiger partial charge in [0.2, 0.25) is 0 Å². The molecule has 3 aromatic rings. The monoisotopic (exact) mass is 444 g/mol. The molecule has 0 saturated carbocycles. The van der Waals surface area contributed by atoms with E-state index in [4.69, 9.17) is 11.6 Å². The number of carbonyl (C=O) groups is 1. The van der Waals surface area contributed by atoms with Gasteiger partial charge in [0.15, 0.2) is 0 Å². The predicted molar refractivity (Wildman–Crippen MR) is 115 cm³/mol. The van der Waals surface area contributed by atoms with Crippen molar-refractivity contribution in [1.82, 2.24) is 0 Å². The molecular formula is C22H18ClFN2O3S. The van der Waals surface area contributed by atoms with Gasteiger partial charge in [0.05, 0.1) is 15.6 Å². The SMILES string of the molecule is CC1Cc2ccccc2N1C(=O)c1ccc(Cl)c(NS(=O)(=O)c2ccc(F)cc2)c1. The average Bonchev–Trinajstić information content (AvgIpc) is 3.05. The summed E-state index contributed by atoms with van der Waals surface area (Å²) in [6, 6.07) is 16.6. The van der Waals surface area contributed by atoms with Crippen molar-refractivity contribution in [3.8, 4) is 0 Å². The molecule has 0 aliphatic carbocycles. The number of nitrogens with one attached hydrogen (secondary N) is 1. The standard InChI is InChI=1S/C22H18ClFN2O3S/c1-14-12-15-4-2-3-5-21(15)26(14)22(27)16-6-11-19(23)20(13-16)25-30(28,29)18-9-7-17(24)8-10-18/h2-11,13-14,25H,12H2,1H3. The molecule has 5 nitrogen and oxygen atoms in total. The van der Waals surface area contributed by atoms with Crippen molar-refractivity contribution >= 4 is 38.9 Å². The number of rotatable bonds is 4. The Bertz CT molecular complexity index is 1230. The first-order valence-electron chi connectivity index (χ1n) is 9.25. The van der Waals surface area contributed by atoms with Gasteiger partial charge in [0.1, 0.15) is 5.82 Å². The first kappa shape index (κ1) is 20.4. The maximum atomic E-state index is 13.2. The van der Waals surface area contributed by atoms with E-state index in [2.05, 4.69) is 4.72 Å². The van der Waals surface area contributed by atoms with Crippen LogP contribution in [0.25, 0.3) is 0 Å². The molecular weight excluding hydrogens is 427 g/mol. The summed E-state index contributed by atoms with van der Waals surface area (Å²) in [5.74, 6) is -0.786. The van der Waals surface area contributed by atoms with Gasteiger partial charge in [-0.05, 0) is 67.4 Å². The number of amides is 1. The summed E-state index contributed by atoms with van der Waals surface area (Å²) < 4.78 is 40.8. The molecule has 1 aliphatic rings. The summed E-state index contributed by atoms with van der Waals surface area (Å²) in [5, 5.41) is 0.145. The third-order valence-electron chi connectivity index (χ3n) is 5.01. The summed E-state index contributed by atoms with van der Waals surface area (Å²) in [5.41, 5.74) is 2.31. The van der Waals surface area contributed by atoms with Gasteiger partial charge in [0.25, 0.3) is 15.9 Å². The number of halogens is 2. The van der Waals surface area contributed by atoms with E-state index in [1.165, 1.54) is 12.1 Å². The topological polar surface area (TPSA) is 66.5 Å². The van der Waals surface area contributed by atoms with E-state index in [9.17, 15) is 17.6 Å². The Hall–Kier alpha value is -2.90. The molecule has 0 fully saturated rings. The van der Waals surface area contributed by atoms with Crippen LogP contribution >= 0.6 is 11.6 Å². The van der Waals surface area contributed by atoms with E-state index in [1.807, 2.05) is 31.2 Å². The molecule has 3 aromatic carbocycles.